The number of aromatic amines is 2. The van der Waals surface area contributed by atoms with E-state index in [-0.39, 0.29) is 18.2 Å². The number of para-hydroxylation sites is 2. The van der Waals surface area contributed by atoms with Gasteiger partial charge >= 0.3 is 5.97 Å². The topological polar surface area (TPSA) is 75.0 Å². The van der Waals surface area contributed by atoms with Crippen LogP contribution in [0.5, 0.6) is 0 Å². The number of esters is 1. The van der Waals surface area contributed by atoms with Crippen LogP contribution in [0, 0.1) is 0 Å². The Morgan fingerprint density at radius 1 is 0.960 bits per heavy atom. The number of fused-ring (bicyclic) bond motifs is 2. The lowest BCUT2D eigenvalue weighted by atomic mass is 10.0. The van der Waals surface area contributed by atoms with Crippen LogP contribution in [-0.2, 0) is 16.0 Å². The molecule has 2 aromatic carbocycles. The van der Waals surface area contributed by atoms with Gasteiger partial charge in [0.05, 0.1) is 24.9 Å². The maximum absolute atomic E-state index is 13.1. The SMILES string of the molecule is COC(=O)Cc1c(C(=O)c2cc3ccccc3[nH]2)[nH]c2ccccc12. The third-order valence-corrected chi connectivity index (χ3v) is 4.36. The molecule has 5 nitrogen and oxygen atoms in total. The molecule has 5 heteroatoms. The average Bonchev–Trinajstić information content (AvgIpc) is 3.23. The molecular formula is C20H16N2O3. The lowest BCUT2D eigenvalue weighted by Gasteiger charge is -2.02. The van der Waals surface area contributed by atoms with E-state index in [9.17, 15) is 9.59 Å². The van der Waals surface area contributed by atoms with Crippen LogP contribution >= 0.6 is 0 Å². The lowest BCUT2D eigenvalue weighted by Crippen LogP contribution is -2.10. The maximum atomic E-state index is 13.1. The first-order valence-corrected chi connectivity index (χ1v) is 7.96. The van der Waals surface area contributed by atoms with Crippen molar-refractivity contribution in [1.29, 1.82) is 0 Å². The van der Waals surface area contributed by atoms with Gasteiger partial charge in [-0.25, -0.2) is 0 Å². The average molecular weight is 332 g/mol. The fourth-order valence-electron chi connectivity index (χ4n) is 3.12. The molecular weight excluding hydrogens is 316 g/mol. The van der Waals surface area contributed by atoms with Crippen LogP contribution in [0.15, 0.2) is 54.6 Å². The number of hydrogen-bond acceptors (Lipinski definition) is 3. The Kier molecular flexibility index (Phi) is 3.61. The summed E-state index contributed by atoms with van der Waals surface area (Å²) in [6, 6.07) is 17.1. The molecule has 0 amide bonds. The monoisotopic (exact) mass is 332 g/mol. The van der Waals surface area contributed by atoms with Gasteiger partial charge in [0.25, 0.3) is 0 Å². The van der Waals surface area contributed by atoms with Crippen LogP contribution in [0.3, 0.4) is 0 Å². The van der Waals surface area contributed by atoms with Crippen molar-refractivity contribution in [3.8, 4) is 0 Å². The lowest BCUT2D eigenvalue weighted by molar-refractivity contribution is -0.139. The molecule has 0 atom stereocenters. The van der Waals surface area contributed by atoms with E-state index in [0.717, 1.165) is 21.8 Å². The third-order valence-electron chi connectivity index (χ3n) is 4.36. The Morgan fingerprint density at radius 3 is 2.44 bits per heavy atom. The van der Waals surface area contributed by atoms with Crippen LogP contribution in [-0.4, -0.2) is 28.8 Å². The third kappa shape index (κ3) is 2.59. The summed E-state index contributed by atoms with van der Waals surface area (Å²) in [4.78, 5) is 31.2. The molecule has 124 valence electrons. The Labute approximate surface area is 143 Å². The van der Waals surface area contributed by atoms with Crippen molar-refractivity contribution in [3.05, 3.63) is 71.5 Å². The van der Waals surface area contributed by atoms with Gasteiger partial charge in [-0.2, -0.15) is 0 Å². The van der Waals surface area contributed by atoms with Crippen molar-refractivity contribution in [1.82, 2.24) is 9.97 Å². The number of nitrogens with one attached hydrogen (secondary N) is 2. The zero-order valence-electron chi connectivity index (χ0n) is 13.6. The molecule has 0 bridgehead atoms. The van der Waals surface area contributed by atoms with Crippen LogP contribution < -0.4 is 0 Å². The molecule has 0 aliphatic carbocycles. The van der Waals surface area contributed by atoms with Gasteiger partial charge in [-0.1, -0.05) is 36.4 Å². The van der Waals surface area contributed by atoms with Crippen molar-refractivity contribution in [3.63, 3.8) is 0 Å². The summed E-state index contributed by atoms with van der Waals surface area (Å²) in [5.74, 6) is -0.554. The molecule has 25 heavy (non-hydrogen) atoms. The van der Waals surface area contributed by atoms with Crippen molar-refractivity contribution in [2.45, 2.75) is 6.42 Å². The fourth-order valence-corrected chi connectivity index (χ4v) is 3.12. The summed E-state index contributed by atoms with van der Waals surface area (Å²) in [6.07, 6.45) is 0.0435. The number of benzene rings is 2. The summed E-state index contributed by atoms with van der Waals surface area (Å²) in [7, 11) is 1.34. The number of carbonyl (C=O) groups is 2. The van der Waals surface area contributed by atoms with E-state index in [0.29, 0.717) is 17.0 Å². The molecule has 0 unspecified atom stereocenters. The smallest absolute Gasteiger partial charge is 0.310 e. The van der Waals surface area contributed by atoms with E-state index in [1.54, 1.807) is 0 Å². The van der Waals surface area contributed by atoms with E-state index in [4.69, 9.17) is 4.74 Å². The molecule has 0 saturated heterocycles. The van der Waals surface area contributed by atoms with Crippen LogP contribution in [0.1, 0.15) is 21.7 Å². The van der Waals surface area contributed by atoms with Gasteiger partial charge < -0.3 is 14.7 Å². The first kappa shape index (κ1) is 15.2. The van der Waals surface area contributed by atoms with Crippen LogP contribution in [0.4, 0.5) is 0 Å². The molecule has 2 N–H and O–H groups in total. The van der Waals surface area contributed by atoms with Crippen LogP contribution in [0.25, 0.3) is 21.8 Å². The van der Waals surface area contributed by atoms with E-state index in [1.165, 1.54) is 7.11 Å². The number of ketones is 1. The number of aromatic nitrogens is 2. The second kappa shape index (κ2) is 5.94. The van der Waals surface area contributed by atoms with Crippen molar-refractivity contribution >= 4 is 33.6 Å². The quantitative estimate of drug-likeness (QED) is 0.443. The van der Waals surface area contributed by atoms with E-state index in [1.807, 2.05) is 54.6 Å². The van der Waals surface area contributed by atoms with Crippen molar-refractivity contribution in [2.24, 2.45) is 0 Å². The number of hydrogen-bond donors (Lipinski definition) is 2. The zero-order chi connectivity index (χ0) is 17.4. The molecule has 0 fully saturated rings. The molecule has 4 aromatic rings. The number of carbonyl (C=O) groups excluding carboxylic acids is 2. The highest BCUT2D eigenvalue weighted by molar-refractivity contribution is 6.13. The number of ether oxygens (including phenoxy) is 1. The minimum Gasteiger partial charge on any atom is -0.469 e. The zero-order valence-corrected chi connectivity index (χ0v) is 13.6. The Bertz CT molecular complexity index is 1070. The van der Waals surface area contributed by atoms with Gasteiger partial charge in [-0.15, -0.1) is 0 Å². The standard InChI is InChI=1S/C20H16N2O3/c1-25-18(23)11-14-13-7-3-5-9-16(13)22-19(14)20(24)17-10-12-6-2-4-8-15(12)21-17/h2-10,21-22H,11H2,1H3. The summed E-state index contributed by atoms with van der Waals surface area (Å²) < 4.78 is 4.79. The predicted molar refractivity (Wildman–Crippen MR) is 95.7 cm³/mol. The summed E-state index contributed by atoms with van der Waals surface area (Å²) in [6.45, 7) is 0. The summed E-state index contributed by atoms with van der Waals surface area (Å²) in [5.41, 5.74) is 3.28. The molecule has 0 radical (unpaired) electrons. The minimum absolute atomic E-state index is 0.0435. The van der Waals surface area contributed by atoms with Gasteiger partial charge in [0.1, 0.15) is 0 Å². The predicted octanol–water partition coefficient (Wildman–Crippen LogP) is 3.60. The number of rotatable bonds is 4. The molecule has 0 aliphatic rings. The maximum Gasteiger partial charge on any atom is 0.310 e. The minimum atomic E-state index is -0.379. The highest BCUT2D eigenvalue weighted by Crippen LogP contribution is 2.26. The van der Waals surface area contributed by atoms with Gasteiger partial charge in [0.15, 0.2) is 0 Å². The highest BCUT2D eigenvalue weighted by Gasteiger charge is 2.22. The normalized spacial score (nSPS) is 11.1. The van der Waals surface area contributed by atoms with Crippen molar-refractivity contribution in [2.75, 3.05) is 7.11 Å². The highest BCUT2D eigenvalue weighted by atomic mass is 16.5. The van der Waals surface area contributed by atoms with E-state index in [2.05, 4.69) is 9.97 Å². The molecule has 2 heterocycles. The fraction of sp³-hybridized carbons (Fsp3) is 0.100. The van der Waals surface area contributed by atoms with Gasteiger partial charge in [-0.05, 0) is 18.2 Å². The van der Waals surface area contributed by atoms with E-state index >= 15 is 0 Å². The Balaban J connectivity index is 1.85. The van der Waals surface area contributed by atoms with E-state index < -0.39 is 0 Å². The largest absolute Gasteiger partial charge is 0.469 e. The Hall–Kier alpha value is -3.34. The first-order chi connectivity index (χ1) is 12.2. The molecule has 0 spiro atoms. The Morgan fingerprint density at radius 2 is 1.68 bits per heavy atom. The summed E-state index contributed by atoms with van der Waals surface area (Å²) >= 11 is 0. The van der Waals surface area contributed by atoms with Gasteiger partial charge in [0, 0.05) is 27.4 Å². The number of H-pyrrole nitrogens is 2. The van der Waals surface area contributed by atoms with Crippen LogP contribution in [0.2, 0.25) is 0 Å². The first-order valence-electron chi connectivity index (χ1n) is 7.96. The number of methoxy groups -OCH3 is 1. The molecule has 4 rings (SSSR count). The molecule has 0 aliphatic heterocycles. The molecule has 0 saturated carbocycles. The second-order valence-corrected chi connectivity index (χ2v) is 5.88. The van der Waals surface area contributed by atoms with Gasteiger partial charge in [-0.3, -0.25) is 9.59 Å². The second-order valence-electron chi connectivity index (χ2n) is 5.88. The molecule has 2 aromatic heterocycles. The summed E-state index contributed by atoms with van der Waals surface area (Å²) in [5, 5.41) is 1.82. The van der Waals surface area contributed by atoms with Gasteiger partial charge in [0.2, 0.25) is 5.78 Å². The van der Waals surface area contributed by atoms with Crippen molar-refractivity contribution < 1.29 is 14.3 Å².